The Morgan fingerprint density at radius 2 is 1.79 bits per heavy atom. The molecule has 3 rings (SSSR count). The van der Waals surface area contributed by atoms with Crippen molar-refractivity contribution in [3.63, 3.8) is 0 Å². The number of nitrogens with one attached hydrogen (secondary N) is 1. The molecule has 0 aromatic heterocycles. The van der Waals surface area contributed by atoms with Crippen molar-refractivity contribution in [1.29, 1.82) is 0 Å². The zero-order valence-electron chi connectivity index (χ0n) is 13.7. The molecular weight excluding hydrogens is 326 g/mol. The number of hydrogen-bond donors (Lipinski definition) is 2. The van der Waals surface area contributed by atoms with E-state index in [0.29, 0.717) is 32.4 Å². The van der Waals surface area contributed by atoms with Gasteiger partial charge in [0.15, 0.2) is 0 Å². The van der Waals surface area contributed by atoms with E-state index in [0.717, 1.165) is 18.4 Å². The summed E-state index contributed by atoms with van der Waals surface area (Å²) in [4.78, 5) is 12.2. The van der Waals surface area contributed by atoms with Crippen LogP contribution in [0.1, 0.15) is 31.2 Å². The number of benzene rings is 1. The molecule has 2 aliphatic rings. The molecule has 1 aliphatic carbocycles. The summed E-state index contributed by atoms with van der Waals surface area (Å²) in [6.07, 6.45) is 3.37. The molecule has 1 amide bonds. The van der Waals surface area contributed by atoms with Crippen LogP contribution in [-0.4, -0.2) is 49.1 Å². The molecule has 7 heteroatoms. The van der Waals surface area contributed by atoms with Crippen molar-refractivity contribution in [2.45, 2.75) is 49.4 Å². The normalized spacial score (nSPS) is 21.4. The molecule has 0 spiro atoms. The maximum Gasteiger partial charge on any atom is 0.237 e. The maximum absolute atomic E-state index is 12.2. The molecule has 1 saturated carbocycles. The zero-order valence-corrected chi connectivity index (χ0v) is 14.5. The number of amides is 1. The number of carbonyl (C=O) groups is 1. The first-order valence-corrected chi connectivity index (χ1v) is 10.1. The number of rotatable bonds is 6. The fraction of sp³-hybridized carbons (Fsp3) is 0.588. The van der Waals surface area contributed by atoms with Crippen molar-refractivity contribution >= 4 is 15.9 Å². The standard InChI is InChI=1S/C17H25N3O3S/c18-16(12-13-4-2-1-3-5-13)17(21)19-14-8-10-20(11-9-14)24(22,23)15-6-7-15/h1-5,14-16H,6-12,18H2,(H,19,21)/t16-/m0/s1. The van der Waals surface area contributed by atoms with Crippen molar-refractivity contribution < 1.29 is 13.2 Å². The van der Waals surface area contributed by atoms with Crippen LogP contribution in [0.2, 0.25) is 0 Å². The Bertz CT molecular complexity index is 666. The summed E-state index contributed by atoms with van der Waals surface area (Å²) in [5, 5.41) is 2.81. The zero-order chi connectivity index (χ0) is 17.2. The lowest BCUT2D eigenvalue weighted by atomic mass is 10.0. The monoisotopic (exact) mass is 351 g/mol. The van der Waals surface area contributed by atoms with Crippen molar-refractivity contribution in [2.75, 3.05) is 13.1 Å². The first-order valence-electron chi connectivity index (χ1n) is 8.55. The molecule has 1 atom stereocenters. The Morgan fingerprint density at radius 1 is 1.17 bits per heavy atom. The van der Waals surface area contributed by atoms with Crippen LogP contribution in [0.4, 0.5) is 0 Å². The second-order valence-corrected chi connectivity index (χ2v) is 8.94. The van der Waals surface area contributed by atoms with Crippen molar-refractivity contribution in [2.24, 2.45) is 5.73 Å². The van der Waals surface area contributed by atoms with E-state index in [1.807, 2.05) is 30.3 Å². The van der Waals surface area contributed by atoms with Gasteiger partial charge in [0.1, 0.15) is 0 Å². The van der Waals surface area contributed by atoms with Gasteiger partial charge in [-0.05, 0) is 37.7 Å². The van der Waals surface area contributed by atoms with Crippen LogP contribution >= 0.6 is 0 Å². The van der Waals surface area contributed by atoms with Gasteiger partial charge in [-0.15, -0.1) is 0 Å². The van der Waals surface area contributed by atoms with Gasteiger partial charge in [0, 0.05) is 19.1 Å². The molecule has 1 aliphatic heterocycles. The second kappa shape index (κ2) is 7.21. The molecule has 132 valence electrons. The van der Waals surface area contributed by atoms with Crippen molar-refractivity contribution in [3.05, 3.63) is 35.9 Å². The molecule has 0 radical (unpaired) electrons. The van der Waals surface area contributed by atoms with Gasteiger partial charge < -0.3 is 11.1 Å². The highest BCUT2D eigenvalue weighted by molar-refractivity contribution is 7.90. The van der Waals surface area contributed by atoms with E-state index in [1.165, 1.54) is 0 Å². The molecule has 1 aromatic rings. The van der Waals surface area contributed by atoms with Gasteiger partial charge in [-0.2, -0.15) is 0 Å². The Kier molecular flexibility index (Phi) is 5.22. The van der Waals surface area contributed by atoms with E-state index in [9.17, 15) is 13.2 Å². The maximum atomic E-state index is 12.2. The lowest BCUT2D eigenvalue weighted by molar-refractivity contribution is -0.123. The average Bonchev–Trinajstić information content (AvgIpc) is 3.41. The SMILES string of the molecule is N[C@@H](Cc1ccccc1)C(=O)NC1CCN(S(=O)(=O)C2CC2)CC1. The van der Waals surface area contributed by atoms with Crippen LogP contribution in [0.3, 0.4) is 0 Å². The first-order chi connectivity index (χ1) is 11.5. The van der Waals surface area contributed by atoms with Gasteiger partial charge in [-0.1, -0.05) is 30.3 Å². The number of piperidine rings is 1. The molecule has 0 bridgehead atoms. The van der Waals surface area contributed by atoms with Gasteiger partial charge in [0.05, 0.1) is 11.3 Å². The molecule has 1 aromatic carbocycles. The van der Waals surface area contributed by atoms with Crippen molar-refractivity contribution in [3.8, 4) is 0 Å². The van der Waals surface area contributed by atoms with E-state index in [4.69, 9.17) is 5.73 Å². The van der Waals surface area contributed by atoms with E-state index in [-0.39, 0.29) is 17.2 Å². The lowest BCUT2D eigenvalue weighted by Crippen LogP contribution is -2.51. The largest absolute Gasteiger partial charge is 0.352 e. The lowest BCUT2D eigenvalue weighted by Gasteiger charge is -2.32. The summed E-state index contributed by atoms with van der Waals surface area (Å²) in [5.74, 6) is -0.164. The molecule has 1 heterocycles. The highest BCUT2D eigenvalue weighted by Crippen LogP contribution is 2.32. The predicted octanol–water partition coefficient (Wildman–Crippen LogP) is 0.629. The number of nitrogens with zero attached hydrogens (tertiary/aromatic N) is 1. The summed E-state index contributed by atoms with van der Waals surface area (Å²) >= 11 is 0. The minimum absolute atomic E-state index is 0.00461. The average molecular weight is 351 g/mol. The topological polar surface area (TPSA) is 92.5 Å². The third-order valence-corrected chi connectivity index (χ3v) is 7.14. The van der Waals surface area contributed by atoms with Crippen LogP contribution in [0.25, 0.3) is 0 Å². The van der Waals surface area contributed by atoms with Gasteiger partial charge in [-0.25, -0.2) is 12.7 Å². The van der Waals surface area contributed by atoms with Crippen molar-refractivity contribution in [1.82, 2.24) is 9.62 Å². The Labute approximate surface area is 143 Å². The van der Waals surface area contributed by atoms with Gasteiger partial charge in [0.2, 0.25) is 15.9 Å². The summed E-state index contributed by atoms with van der Waals surface area (Å²) in [7, 11) is -3.10. The summed E-state index contributed by atoms with van der Waals surface area (Å²) in [6, 6.07) is 9.11. The highest BCUT2D eigenvalue weighted by Gasteiger charge is 2.41. The molecule has 1 saturated heterocycles. The van der Waals surface area contributed by atoms with E-state index in [2.05, 4.69) is 5.32 Å². The fourth-order valence-corrected chi connectivity index (χ4v) is 4.97. The second-order valence-electron chi connectivity index (χ2n) is 6.72. The van der Waals surface area contributed by atoms with E-state index >= 15 is 0 Å². The molecule has 0 unspecified atom stereocenters. The Hall–Kier alpha value is -1.44. The van der Waals surface area contributed by atoms with Crippen LogP contribution < -0.4 is 11.1 Å². The third-order valence-electron chi connectivity index (χ3n) is 4.74. The fourth-order valence-electron chi connectivity index (χ4n) is 3.10. The Morgan fingerprint density at radius 3 is 2.38 bits per heavy atom. The molecule has 24 heavy (non-hydrogen) atoms. The smallest absolute Gasteiger partial charge is 0.237 e. The van der Waals surface area contributed by atoms with Crippen LogP contribution in [0.15, 0.2) is 30.3 Å². The first kappa shape index (κ1) is 17.4. The van der Waals surface area contributed by atoms with Crippen LogP contribution in [-0.2, 0) is 21.2 Å². The molecule has 6 nitrogen and oxygen atoms in total. The number of hydrogen-bond acceptors (Lipinski definition) is 4. The summed E-state index contributed by atoms with van der Waals surface area (Å²) in [5.41, 5.74) is 7.03. The summed E-state index contributed by atoms with van der Waals surface area (Å²) in [6.45, 7) is 0.968. The quantitative estimate of drug-likeness (QED) is 0.786. The molecule has 2 fully saturated rings. The van der Waals surface area contributed by atoms with E-state index < -0.39 is 16.1 Å². The van der Waals surface area contributed by atoms with Gasteiger partial charge in [0.25, 0.3) is 0 Å². The van der Waals surface area contributed by atoms with Crippen LogP contribution in [0, 0.1) is 0 Å². The number of nitrogens with two attached hydrogens (primary N) is 1. The molecular formula is C17H25N3O3S. The minimum atomic E-state index is -3.10. The molecule has 3 N–H and O–H groups in total. The predicted molar refractivity (Wildman–Crippen MR) is 92.8 cm³/mol. The van der Waals surface area contributed by atoms with Crippen LogP contribution in [0.5, 0.6) is 0 Å². The van der Waals surface area contributed by atoms with Gasteiger partial charge >= 0.3 is 0 Å². The van der Waals surface area contributed by atoms with E-state index in [1.54, 1.807) is 4.31 Å². The third kappa shape index (κ3) is 4.15. The summed E-state index contributed by atoms with van der Waals surface area (Å²) < 4.78 is 26.0. The highest BCUT2D eigenvalue weighted by atomic mass is 32.2. The number of sulfonamides is 1. The minimum Gasteiger partial charge on any atom is -0.352 e. The number of carbonyl (C=O) groups excluding carboxylic acids is 1. The Balaban J connectivity index is 1.46. The van der Waals surface area contributed by atoms with Gasteiger partial charge in [-0.3, -0.25) is 4.79 Å².